The van der Waals surface area contributed by atoms with Gasteiger partial charge in [0.05, 0.1) is 6.61 Å². The molecule has 1 unspecified atom stereocenters. The number of rotatable bonds is 4. The second-order valence-electron chi connectivity index (χ2n) is 5.28. The molecule has 114 valence electrons. The zero-order chi connectivity index (χ0) is 15.4. The maximum atomic E-state index is 10.7. The van der Waals surface area contributed by atoms with Crippen molar-refractivity contribution < 1.29 is 19.4 Å². The molecule has 0 amide bonds. The van der Waals surface area contributed by atoms with Gasteiger partial charge < -0.3 is 14.6 Å². The minimum absolute atomic E-state index is 0.197. The summed E-state index contributed by atoms with van der Waals surface area (Å²) in [6, 6.07) is 11.6. The summed E-state index contributed by atoms with van der Waals surface area (Å²) in [5, 5.41) is 10.7. The van der Waals surface area contributed by atoms with Crippen LogP contribution in [-0.2, 0) is 9.53 Å². The lowest BCUT2D eigenvalue weighted by molar-refractivity contribution is -0.131. The third-order valence-electron chi connectivity index (χ3n) is 3.72. The molecule has 2 aromatic rings. The summed E-state index contributed by atoms with van der Waals surface area (Å²) < 4.78 is 11.6. The monoisotopic (exact) mass is 298 g/mol. The molecule has 4 heteroatoms. The van der Waals surface area contributed by atoms with E-state index in [0.29, 0.717) is 0 Å². The average molecular weight is 298 g/mol. The van der Waals surface area contributed by atoms with Crippen molar-refractivity contribution in [3.63, 3.8) is 0 Å². The molecule has 2 aromatic carbocycles. The molecule has 1 atom stereocenters. The van der Waals surface area contributed by atoms with Gasteiger partial charge in [0.15, 0.2) is 6.29 Å². The Bertz CT molecular complexity index is 699. The smallest absolute Gasteiger partial charge is 0.328 e. The van der Waals surface area contributed by atoms with Crippen LogP contribution in [0.2, 0.25) is 0 Å². The molecule has 4 nitrogen and oxygen atoms in total. The number of fused-ring (bicyclic) bond motifs is 1. The van der Waals surface area contributed by atoms with Gasteiger partial charge in [-0.25, -0.2) is 4.79 Å². The Hall–Kier alpha value is -2.33. The molecular formula is C18H18O4. The van der Waals surface area contributed by atoms with E-state index < -0.39 is 5.97 Å². The van der Waals surface area contributed by atoms with E-state index in [1.54, 1.807) is 6.08 Å². The Morgan fingerprint density at radius 2 is 2.00 bits per heavy atom. The summed E-state index contributed by atoms with van der Waals surface area (Å²) in [5.41, 5.74) is 0.856. The second kappa shape index (κ2) is 6.62. The molecule has 1 fully saturated rings. The van der Waals surface area contributed by atoms with Crippen molar-refractivity contribution in [3.8, 4) is 5.75 Å². The average Bonchev–Trinajstić information content (AvgIpc) is 2.55. The minimum atomic E-state index is -0.958. The highest BCUT2D eigenvalue weighted by Crippen LogP contribution is 2.31. The van der Waals surface area contributed by atoms with Gasteiger partial charge >= 0.3 is 5.97 Å². The fourth-order valence-corrected chi connectivity index (χ4v) is 2.65. The maximum Gasteiger partial charge on any atom is 0.328 e. The number of ether oxygens (including phenoxy) is 2. The Kier molecular flexibility index (Phi) is 4.39. The molecule has 0 radical (unpaired) electrons. The Labute approximate surface area is 129 Å². The van der Waals surface area contributed by atoms with Crippen LogP contribution >= 0.6 is 0 Å². The quantitative estimate of drug-likeness (QED) is 0.871. The molecule has 0 aliphatic carbocycles. The van der Waals surface area contributed by atoms with E-state index in [1.807, 2.05) is 36.4 Å². The zero-order valence-corrected chi connectivity index (χ0v) is 12.2. The number of carboxylic acids is 1. The highest BCUT2D eigenvalue weighted by molar-refractivity contribution is 5.97. The summed E-state index contributed by atoms with van der Waals surface area (Å²) in [5.74, 6) is -0.185. The first-order valence-corrected chi connectivity index (χ1v) is 7.45. The summed E-state index contributed by atoms with van der Waals surface area (Å²) in [7, 11) is 0. The fourth-order valence-electron chi connectivity index (χ4n) is 2.65. The van der Waals surface area contributed by atoms with Crippen LogP contribution < -0.4 is 4.74 Å². The number of benzene rings is 2. The van der Waals surface area contributed by atoms with Crippen molar-refractivity contribution in [2.24, 2.45) is 0 Å². The molecule has 0 saturated carbocycles. The largest absolute Gasteiger partial charge is 0.478 e. The summed E-state index contributed by atoms with van der Waals surface area (Å²) in [6.45, 7) is 0.738. The predicted molar refractivity (Wildman–Crippen MR) is 84.8 cm³/mol. The van der Waals surface area contributed by atoms with Gasteiger partial charge in [0.25, 0.3) is 0 Å². The van der Waals surface area contributed by atoms with Crippen LogP contribution in [0.3, 0.4) is 0 Å². The van der Waals surface area contributed by atoms with Crippen molar-refractivity contribution in [2.75, 3.05) is 6.61 Å². The first kappa shape index (κ1) is 14.6. The van der Waals surface area contributed by atoms with Gasteiger partial charge in [0.2, 0.25) is 0 Å². The van der Waals surface area contributed by atoms with Crippen LogP contribution in [0.25, 0.3) is 16.8 Å². The molecule has 1 N–H and O–H groups in total. The SMILES string of the molecule is O=C(O)/C=C/c1ccc(OC2CCCCO2)c2ccccc12. The summed E-state index contributed by atoms with van der Waals surface area (Å²) in [4.78, 5) is 10.7. The number of aliphatic carboxylic acids is 1. The zero-order valence-electron chi connectivity index (χ0n) is 12.2. The number of carbonyl (C=O) groups is 1. The standard InChI is InChI=1S/C18H18O4/c19-17(20)11-9-13-8-10-16(15-6-2-1-5-14(13)15)22-18-7-3-4-12-21-18/h1-2,5-6,8-11,18H,3-4,7,12H2,(H,19,20)/b11-9+. The molecule has 3 rings (SSSR count). The van der Waals surface area contributed by atoms with Gasteiger partial charge in [-0.1, -0.05) is 30.3 Å². The van der Waals surface area contributed by atoms with E-state index >= 15 is 0 Å². The molecule has 22 heavy (non-hydrogen) atoms. The van der Waals surface area contributed by atoms with Crippen LogP contribution in [0, 0.1) is 0 Å². The van der Waals surface area contributed by atoms with Gasteiger partial charge in [-0.15, -0.1) is 0 Å². The van der Waals surface area contributed by atoms with E-state index in [-0.39, 0.29) is 6.29 Å². The fraction of sp³-hybridized carbons (Fsp3) is 0.278. The number of hydrogen-bond donors (Lipinski definition) is 1. The van der Waals surface area contributed by atoms with E-state index in [1.165, 1.54) is 0 Å². The van der Waals surface area contributed by atoms with Crippen LogP contribution in [0.1, 0.15) is 24.8 Å². The number of carboxylic acid groups (broad SMARTS) is 1. The van der Waals surface area contributed by atoms with Crippen LogP contribution in [0.4, 0.5) is 0 Å². The van der Waals surface area contributed by atoms with Crippen molar-refractivity contribution in [1.82, 2.24) is 0 Å². The normalized spacial score (nSPS) is 18.6. The number of hydrogen-bond acceptors (Lipinski definition) is 3. The van der Waals surface area contributed by atoms with E-state index in [0.717, 1.165) is 54.0 Å². The molecular weight excluding hydrogens is 280 g/mol. The molecule has 0 spiro atoms. The van der Waals surface area contributed by atoms with Crippen LogP contribution in [-0.4, -0.2) is 24.0 Å². The lowest BCUT2D eigenvalue weighted by atomic mass is 10.0. The second-order valence-corrected chi connectivity index (χ2v) is 5.28. The highest BCUT2D eigenvalue weighted by Gasteiger charge is 2.16. The van der Waals surface area contributed by atoms with Crippen LogP contribution in [0.5, 0.6) is 5.75 Å². The van der Waals surface area contributed by atoms with Crippen LogP contribution in [0.15, 0.2) is 42.5 Å². The highest BCUT2D eigenvalue weighted by atomic mass is 16.7. The van der Waals surface area contributed by atoms with Gasteiger partial charge in [0, 0.05) is 17.9 Å². The molecule has 1 saturated heterocycles. The molecule has 1 aliphatic heterocycles. The van der Waals surface area contributed by atoms with Gasteiger partial charge in [-0.3, -0.25) is 0 Å². The summed E-state index contributed by atoms with van der Waals surface area (Å²) >= 11 is 0. The maximum absolute atomic E-state index is 10.7. The predicted octanol–water partition coefficient (Wildman–Crippen LogP) is 3.84. The lowest BCUT2D eigenvalue weighted by Crippen LogP contribution is -2.25. The Morgan fingerprint density at radius 1 is 1.18 bits per heavy atom. The van der Waals surface area contributed by atoms with E-state index in [2.05, 4.69) is 0 Å². The van der Waals surface area contributed by atoms with E-state index in [4.69, 9.17) is 14.6 Å². The minimum Gasteiger partial charge on any atom is -0.478 e. The topological polar surface area (TPSA) is 55.8 Å². The molecule has 0 bridgehead atoms. The third kappa shape index (κ3) is 3.28. The third-order valence-corrected chi connectivity index (χ3v) is 3.72. The van der Waals surface area contributed by atoms with Crippen molar-refractivity contribution in [3.05, 3.63) is 48.0 Å². The van der Waals surface area contributed by atoms with E-state index in [9.17, 15) is 4.79 Å². The first-order valence-electron chi connectivity index (χ1n) is 7.45. The lowest BCUT2D eigenvalue weighted by Gasteiger charge is -2.24. The first-order chi connectivity index (χ1) is 10.7. The molecule has 1 heterocycles. The van der Waals surface area contributed by atoms with Crippen molar-refractivity contribution in [1.29, 1.82) is 0 Å². The Morgan fingerprint density at radius 3 is 2.73 bits per heavy atom. The molecule has 1 aliphatic rings. The van der Waals surface area contributed by atoms with Gasteiger partial charge in [0.1, 0.15) is 5.75 Å². The van der Waals surface area contributed by atoms with Crippen molar-refractivity contribution >= 4 is 22.8 Å². The van der Waals surface area contributed by atoms with Crippen molar-refractivity contribution in [2.45, 2.75) is 25.6 Å². The Balaban J connectivity index is 1.95. The molecule has 0 aromatic heterocycles. The van der Waals surface area contributed by atoms with Gasteiger partial charge in [-0.05, 0) is 35.9 Å². The van der Waals surface area contributed by atoms with Gasteiger partial charge in [-0.2, -0.15) is 0 Å². The summed E-state index contributed by atoms with van der Waals surface area (Å²) in [6.07, 6.45) is 5.65.